The molecule has 0 bridgehead atoms. The number of rotatable bonds is 7. The minimum Gasteiger partial charge on any atom is -0.473 e. The summed E-state index contributed by atoms with van der Waals surface area (Å²) in [4.78, 5) is 19.8. The minimum absolute atomic E-state index is 0.00677. The number of piperazine rings is 1. The largest absolute Gasteiger partial charge is 0.473 e. The molecule has 1 amide bonds. The van der Waals surface area contributed by atoms with Gasteiger partial charge < -0.3 is 9.64 Å². The van der Waals surface area contributed by atoms with Crippen LogP contribution in [0.3, 0.4) is 0 Å². The number of carbonyl (C=O) groups is 1. The van der Waals surface area contributed by atoms with Gasteiger partial charge in [-0.2, -0.15) is 5.26 Å². The molecule has 0 N–H and O–H groups in total. The maximum absolute atomic E-state index is 11.4. The highest BCUT2D eigenvalue weighted by molar-refractivity contribution is 5.73. The van der Waals surface area contributed by atoms with Gasteiger partial charge in [-0.1, -0.05) is 6.08 Å². The van der Waals surface area contributed by atoms with Crippen molar-refractivity contribution in [2.24, 2.45) is 0 Å². The van der Waals surface area contributed by atoms with Gasteiger partial charge in [0.2, 0.25) is 11.8 Å². The Balaban J connectivity index is 1.91. The first-order valence-corrected chi connectivity index (χ1v) is 8.24. The van der Waals surface area contributed by atoms with Crippen LogP contribution in [0.15, 0.2) is 31.0 Å². The van der Waals surface area contributed by atoms with E-state index in [4.69, 9.17) is 10.00 Å². The number of ether oxygens (including phenoxy) is 1. The summed E-state index contributed by atoms with van der Waals surface area (Å²) in [5.41, 5.74) is 0.519. The molecule has 1 saturated heterocycles. The maximum Gasteiger partial charge on any atom is 0.219 e. The summed E-state index contributed by atoms with van der Waals surface area (Å²) in [6, 6.07) is 5.49. The van der Waals surface area contributed by atoms with Gasteiger partial charge in [0.05, 0.1) is 5.56 Å². The van der Waals surface area contributed by atoms with Crippen molar-refractivity contribution in [3.63, 3.8) is 0 Å². The molecule has 24 heavy (non-hydrogen) atoms. The van der Waals surface area contributed by atoms with Crippen molar-refractivity contribution < 1.29 is 9.53 Å². The fourth-order valence-corrected chi connectivity index (χ4v) is 2.71. The Morgan fingerprint density at radius 1 is 1.46 bits per heavy atom. The van der Waals surface area contributed by atoms with Gasteiger partial charge in [-0.05, 0) is 18.9 Å². The number of hydrogen-bond acceptors (Lipinski definition) is 5. The highest BCUT2D eigenvalue weighted by atomic mass is 16.5. The lowest BCUT2D eigenvalue weighted by Crippen LogP contribution is -2.50. The average Bonchev–Trinajstić information content (AvgIpc) is 2.60. The number of nitrogens with zero attached hydrogens (tertiary/aromatic N) is 4. The minimum atomic E-state index is 0.00677. The van der Waals surface area contributed by atoms with Crippen molar-refractivity contribution in [2.45, 2.75) is 25.9 Å². The lowest BCUT2D eigenvalue weighted by atomic mass is 10.1. The normalized spacial score (nSPS) is 16.2. The number of amides is 1. The molecule has 1 aromatic rings. The lowest BCUT2D eigenvalue weighted by molar-refractivity contribution is -0.130. The van der Waals surface area contributed by atoms with E-state index < -0.39 is 0 Å². The molecule has 0 aliphatic carbocycles. The molecule has 6 nitrogen and oxygen atoms in total. The first-order valence-electron chi connectivity index (χ1n) is 8.24. The smallest absolute Gasteiger partial charge is 0.219 e. The molecule has 1 atom stereocenters. The van der Waals surface area contributed by atoms with Gasteiger partial charge in [-0.25, -0.2) is 4.98 Å². The van der Waals surface area contributed by atoms with Gasteiger partial charge in [0, 0.05) is 51.9 Å². The standard InChI is InChI=1S/C18H24N4O2/c1-3-4-5-17(24-18-7-6-16(12-19)13-20-18)14-21-8-10-22(11-9-21)15(2)23/h3,6-7,13,17H,1,4-5,8-11,14H2,2H3/t17-/m1/s1. The van der Waals surface area contributed by atoms with Gasteiger partial charge in [0.15, 0.2) is 0 Å². The fraction of sp³-hybridized carbons (Fsp3) is 0.500. The molecule has 1 aromatic heterocycles. The number of allylic oxidation sites excluding steroid dienone is 1. The Labute approximate surface area is 143 Å². The Morgan fingerprint density at radius 2 is 2.21 bits per heavy atom. The monoisotopic (exact) mass is 328 g/mol. The third-order valence-corrected chi connectivity index (χ3v) is 4.13. The second-order valence-corrected chi connectivity index (χ2v) is 5.91. The van der Waals surface area contributed by atoms with Crippen LogP contribution in [0, 0.1) is 11.3 Å². The number of pyridine rings is 1. The van der Waals surface area contributed by atoms with Gasteiger partial charge >= 0.3 is 0 Å². The maximum atomic E-state index is 11.4. The van der Waals surface area contributed by atoms with Crippen molar-refractivity contribution in [2.75, 3.05) is 32.7 Å². The van der Waals surface area contributed by atoms with Gasteiger partial charge in [-0.15, -0.1) is 6.58 Å². The summed E-state index contributed by atoms with van der Waals surface area (Å²) in [5.74, 6) is 0.668. The van der Waals surface area contributed by atoms with Gasteiger partial charge in [0.1, 0.15) is 12.2 Å². The van der Waals surface area contributed by atoms with Crippen LogP contribution in [0.4, 0.5) is 0 Å². The number of nitriles is 1. The summed E-state index contributed by atoms with van der Waals surface area (Å²) >= 11 is 0. The molecular weight excluding hydrogens is 304 g/mol. The molecule has 1 aliphatic rings. The SMILES string of the molecule is C=CCC[C@H](CN1CCN(C(C)=O)CC1)Oc1ccc(C#N)cn1. The van der Waals surface area contributed by atoms with Crippen molar-refractivity contribution in [1.29, 1.82) is 5.26 Å². The molecule has 1 fully saturated rings. The molecule has 128 valence electrons. The summed E-state index contributed by atoms with van der Waals surface area (Å²) in [6.07, 6.45) is 5.14. The topological polar surface area (TPSA) is 69.5 Å². The molecule has 0 radical (unpaired) electrons. The molecule has 6 heteroatoms. The zero-order chi connectivity index (χ0) is 17.4. The van der Waals surface area contributed by atoms with E-state index in [-0.39, 0.29) is 12.0 Å². The molecule has 0 aromatic carbocycles. The first-order chi connectivity index (χ1) is 11.6. The fourth-order valence-electron chi connectivity index (χ4n) is 2.71. The van der Waals surface area contributed by atoms with Crippen molar-refractivity contribution in [3.8, 4) is 11.9 Å². The van der Waals surface area contributed by atoms with Gasteiger partial charge in [-0.3, -0.25) is 9.69 Å². The van der Waals surface area contributed by atoms with E-state index in [0.717, 1.165) is 45.6 Å². The molecule has 1 aliphatic heterocycles. The first kappa shape index (κ1) is 18.0. The van der Waals surface area contributed by atoms with Crippen molar-refractivity contribution in [3.05, 3.63) is 36.5 Å². The molecule has 0 spiro atoms. The number of carbonyl (C=O) groups excluding carboxylic acids is 1. The molecule has 2 rings (SSSR count). The van der Waals surface area contributed by atoms with Crippen LogP contribution >= 0.6 is 0 Å². The zero-order valence-corrected chi connectivity index (χ0v) is 14.1. The van der Waals surface area contributed by atoms with Crippen LogP contribution in [0.2, 0.25) is 0 Å². The number of hydrogen-bond donors (Lipinski definition) is 0. The third-order valence-electron chi connectivity index (χ3n) is 4.13. The second-order valence-electron chi connectivity index (χ2n) is 5.91. The van der Waals surface area contributed by atoms with E-state index >= 15 is 0 Å². The molecular formula is C18H24N4O2. The highest BCUT2D eigenvalue weighted by Crippen LogP contribution is 2.14. The van der Waals surface area contributed by atoms with Crippen LogP contribution in [0.5, 0.6) is 5.88 Å². The van der Waals surface area contributed by atoms with E-state index in [1.807, 2.05) is 17.0 Å². The van der Waals surface area contributed by atoms with Crippen molar-refractivity contribution in [1.82, 2.24) is 14.8 Å². The highest BCUT2D eigenvalue weighted by Gasteiger charge is 2.22. The van der Waals surface area contributed by atoms with E-state index in [1.54, 1.807) is 19.1 Å². The zero-order valence-electron chi connectivity index (χ0n) is 14.1. The number of aromatic nitrogens is 1. The van der Waals surface area contributed by atoms with E-state index in [9.17, 15) is 4.79 Å². The third kappa shape index (κ3) is 5.36. The molecule has 0 saturated carbocycles. The van der Waals surface area contributed by atoms with Crippen molar-refractivity contribution >= 4 is 5.91 Å². The van der Waals surface area contributed by atoms with Crippen LogP contribution in [0.25, 0.3) is 0 Å². The molecule has 2 heterocycles. The Kier molecular flexibility index (Phi) is 6.76. The van der Waals surface area contributed by atoms with E-state index in [0.29, 0.717) is 11.4 Å². The Morgan fingerprint density at radius 3 is 2.75 bits per heavy atom. The lowest BCUT2D eigenvalue weighted by Gasteiger charge is -2.35. The Hall–Kier alpha value is -2.39. The summed E-state index contributed by atoms with van der Waals surface area (Å²) < 4.78 is 6.00. The summed E-state index contributed by atoms with van der Waals surface area (Å²) in [5, 5.41) is 8.83. The van der Waals surface area contributed by atoms with Crippen LogP contribution in [-0.2, 0) is 4.79 Å². The van der Waals surface area contributed by atoms with Crippen LogP contribution < -0.4 is 4.74 Å². The average molecular weight is 328 g/mol. The Bertz CT molecular complexity index is 586. The van der Waals surface area contributed by atoms with Gasteiger partial charge in [0.25, 0.3) is 0 Å². The van der Waals surface area contributed by atoms with Crippen LogP contribution in [-0.4, -0.2) is 59.5 Å². The van der Waals surface area contributed by atoms with E-state index in [2.05, 4.69) is 16.5 Å². The summed E-state index contributed by atoms with van der Waals surface area (Å²) in [7, 11) is 0. The molecule has 0 unspecified atom stereocenters. The summed E-state index contributed by atoms with van der Waals surface area (Å²) in [6.45, 7) is 9.42. The second kappa shape index (κ2) is 9.04. The predicted molar refractivity (Wildman–Crippen MR) is 91.5 cm³/mol. The predicted octanol–water partition coefficient (Wildman–Crippen LogP) is 1.83. The quantitative estimate of drug-likeness (QED) is 0.714. The van der Waals surface area contributed by atoms with Crippen LogP contribution in [0.1, 0.15) is 25.3 Å². The van der Waals surface area contributed by atoms with E-state index in [1.165, 1.54) is 6.20 Å².